The average molecular weight is 181 g/mol. The zero-order valence-electron chi connectivity index (χ0n) is 7.79. The van der Waals surface area contributed by atoms with Gasteiger partial charge in [0.1, 0.15) is 6.61 Å². The van der Waals surface area contributed by atoms with E-state index in [2.05, 4.69) is 4.99 Å². The number of aliphatic imine (C=N–C) groups is 1. The van der Waals surface area contributed by atoms with Crippen molar-refractivity contribution in [2.24, 2.45) is 10.9 Å². The molecule has 1 heterocycles. The van der Waals surface area contributed by atoms with Gasteiger partial charge in [0, 0.05) is 5.92 Å². The minimum Gasteiger partial charge on any atom is -0.473 e. The van der Waals surface area contributed by atoms with E-state index in [-0.39, 0.29) is 11.7 Å². The standard InChI is InChI=1S/C10H15NO2/c12-9(10-11-6-7-13-10)8-4-2-1-3-5-8/h8H,1-7H2. The van der Waals surface area contributed by atoms with E-state index in [4.69, 9.17) is 4.74 Å². The molecule has 0 unspecified atom stereocenters. The van der Waals surface area contributed by atoms with E-state index in [1.54, 1.807) is 0 Å². The molecule has 72 valence electrons. The number of Topliss-reactive ketones (excluding diaryl/α,β-unsaturated/α-hetero) is 1. The summed E-state index contributed by atoms with van der Waals surface area (Å²) in [5.74, 6) is 0.745. The van der Waals surface area contributed by atoms with Gasteiger partial charge in [-0.05, 0) is 12.8 Å². The molecule has 0 aromatic heterocycles. The lowest BCUT2D eigenvalue weighted by molar-refractivity contribution is -0.118. The predicted molar refractivity (Wildman–Crippen MR) is 49.8 cm³/mol. The van der Waals surface area contributed by atoms with E-state index in [0.29, 0.717) is 19.0 Å². The minimum absolute atomic E-state index is 0.150. The van der Waals surface area contributed by atoms with Crippen molar-refractivity contribution in [2.75, 3.05) is 13.2 Å². The molecular formula is C10H15NO2. The molecule has 2 aliphatic rings. The van der Waals surface area contributed by atoms with Crippen LogP contribution in [0.3, 0.4) is 0 Å². The Morgan fingerprint density at radius 2 is 2.08 bits per heavy atom. The summed E-state index contributed by atoms with van der Waals surface area (Å²) >= 11 is 0. The summed E-state index contributed by atoms with van der Waals surface area (Å²) in [6, 6.07) is 0. The lowest BCUT2D eigenvalue weighted by Gasteiger charge is -2.19. The molecule has 0 spiro atoms. The molecule has 0 N–H and O–H groups in total. The van der Waals surface area contributed by atoms with Crippen LogP contribution < -0.4 is 0 Å². The second-order valence-electron chi connectivity index (χ2n) is 3.73. The third kappa shape index (κ3) is 1.90. The largest absolute Gasteiger partial charge is 0.473 e. The third-order valence-electron chi connectivity index (χ3n) is 2.77. The molecule has 0 atom stereocenters. The Labute approximate surface area is 78.2 Å². The fraction of sp³-hybridized carbons (Fsp3) is 0.800. The first kappa shape index (κ1) is 8.73. The molecule has 1 fully saturated rings. The number of ketones is 1. The molecule has 2 rings (SSSR count). The lowest BCUT2D eigenvalue weighted by Crippen LogP contribution is -2.25. The van der Waals surface area contributed by atoms with Crippen molar-refractivity contribution in [1.82, 2.24) is 0 Å². The van der Waals surface area contributed by atoms with Crippen molar-refractivity contribution >= 4 is 11.7 Å². The SMILES string of the molecule is O=C(C1=NCCO1)C1CCCCC1. The number of rotatable bonds is 2. The molecule has 13 heavy (non-hydrogen) atoms. The summed E-state index contributed by atoms with van der Waals surface area (Å²) in [7, 11) is 0. The maximum Gasteiger partial charge on any atom is 0.253 e. The lowest BCUT2D eigenvalue weighted by atomic mass is 9.86. The van der Waals surface area contributed by atoms with E-state index in [9.17, 15) is 4.79 Å². The Balaban J connectivity index is 1.94. The first-order chi connectivity index (χ1) is 6.38. The van der Waals surface area contributed by atoms with Crippen LogP contribution in [0.2, 0.25) is 0 Å². The maximum absolute atomic E-state index is 11.7. The van der Waals surface area contributed by atoms with Gasteiger partial charge in [-0.15, -0.1) is 0 Å². The van der Waals surface area contributed by atoms with Crippen molar-refractivity contribution in [3.8, 4) is 0 Å². The number of carbonyl (C=O) groups excluding carboxylic acids is 1. The first-order valence-corrected chi connectivity index (χ1v) is 5.09. The predicted octanol–water partition coefficient (Wildman–Crippen LogP) is 1.56. The fourth-order valence-electron chi connectivity index (χ4n) is 2.02. The van der Waals surface area contributed by atoms with Crippen molar-refractivity contribution in [3.05, 3.63) is 0 Å². The highest BCUT2D eigenvalue weighted by Crippen LogP contribution is 2.25. The van der Waals surface area contributed by atoms with Gasteiger partial charge in [-0.1, -0.05) is 19.3 Å². The molecule has 1 aliphatic heterocycles. The number of ether oxygens (including phenoxy) is 1. The van der Waals surface area contributed by atoms with Crippen LogP contribution in [0, 0.1) is 5.92 Å². The monoisotopic (exact) mass is 181 g/mol. The van der Waals surface area contributed by atoms with Crippen LogP contribution in [0.25, 0.3) is 0 Å². The van der Waals surface area contributed by atoms with Crippen LogP contribution in [0.1, 0.15) is 32.1 Å². The van der Waals surface area contributed by atoms with E-state index in [0.717, 1.165) is 12.8 Å². The zero-order chi connectivity index (χ0) is 9.10. The van der Waals surface area contributed by atoms with Gasteiger partial charge in [-0.25, -0.2) is 4.99 Å². The van der Waals surface area contributed by atoms with Crippen molar-refractivity contribution in [1.29, 1.82) is 0 Å². The van der Waals surface area contributed by atoms with E-state index in [1.807, 2.05) is 0 Å². The normalized spacial score (nSPS) is 23.8. The second kappa shape index (κ2) is 3.90. The Morgan fingerprint density at radius 3 is 2.69 bits per heavy atom. The summed E-state index contributed by atoms with van der Waals surface area (Å²) in [6.45, 7) is 1.25. The number of hydrogen-bond donors (Lipinski definition) is 0. The summed E-state index contributed by atoms with van der Waals surface area (Å²) in [6.07, 6.45) is 5.70. The minimum atomic E-state index is 0.150. The highest BCUT2D eigenvalue weighted by atomic mass is 16.5. The van der Waals surface area contributed by atoms with Crippen LogP contribution >= 0.6 is 0 Å². The molecular weight excluding hydrogens is 166 g/mol. The highest BCUT2D eigenvalue weighted by Gasteiger charge is 2.27. The Morgan fingerprint density at radius 1 is 1.31 bits per heavy atom. The van der Waals surface area contributed by atoms with Crippen LogP contribution in [0.15, 0.2) is 4.99 Å². The molecule has 0 saturated heterocycles. The Bertz CT molecular complexity index is 229. The van der Waals surface area contributed by atoms with Gasteiger partial charge in [0.25, 0.3) is 5.90 Å². The van der Waals surface area contributed by atoms with Gasteiger partial charge in [0.2, 0.25) is 5.78 Å². The molecule has 0 amide bonds. The molecule has 0 aromatic rings. The second-order valence-corrected chi connectivity index (χ2v) is 3.73. The first-order valence-electron chi connectivity index (χ1n) is 5.09. The van der Waals surface area contributed by atoms with Crippen molar-refractivity contribution in [3.63, 3.8) is 0 Å². The quantitative estimate of drug-likeness (QED) is 0.648. The van der Waals surface area contributed by atoms with Gasteiger partial charge in [-0.3, -0.25) is 4.79 Å². The molecule has 1 saturated carbocycles. The summed E-state index contributed by atoms with van der Waals surface area (Å²) in [5.41, 5.74) is 0. The Hall–Kier alpha value is -0.860. The highest BCUT2D eigenvalue weighted by molar-refractivity contribution is 6.37. The molecule has 3 heteroatoms. The fourth-order valence-corrected chi connectivity index (χ4v) is 2.02. The van der Waals surface area contributed by atoms with Gasteiger partial charge < -0.3 is 4.74 Å². The summed E-state index contributed by atoms with van der Waals surface area (Å²) in [5, 5.41) is 0. The number of nitrogens with zero attached hydrogens (tertiary/aromatic N) is 1. The molecule has 1 aliphatic carbocycles. The average Bonchev–Trinajstić information content (AvgIpc) is 2.71. The van der Waals surface area contributed by atoms with E-state index < -0.39 is 0 Å². The Kier molecular flexibility index (Phi) is 2.62. The van der Waals surface area contributed by atoms with Crippen LogP contribution in [0.4, 0.5) is 0 Å². The smallest absolute Gasteiger partial charge is 0.253 e. The van der Waals surface area contributed by atoms with E-state index in [1.165, 1.54) is 19.3 Å². The molecule has 0 aromatic carbocycles. The van der Waals surface area contributed by atoms with Gasteiger partial charge in [0.15, 0.2) is 0 Å². The van der Waals surface area contributed by atoms with Crippen molar-refractivity contribution < 1.29 is 9.53 Å². The van der Waals surface area contributed by atoms with Crippen molar-refractivity contribution in [2.45, 2.75) is 32.1 Å². The number of hydrogen-bond acceptors (Lipinski definition) is 3. The number of carbonyl (C=O) groups is 1. The molecule has 3 nitrogen and oxygen atoms in total. The van der Waals surface area contributed by atoms with Gasteiger partial charge in [-0.2, -0.15) is 0 Å². The molecule has 0 radical (unpaired) electrons. The van der Waals surface area contributed by atoms with Gasteiger partial charge in [0.05, 0.1) is 6.54 Å². The summed E-state index contributed by atoms with van der Waals surface area (Å²) < 4.78 is 5.17. The van der Waals surface area contributed by atoms with E-state index >= 15 is 0 Å². The van der Waals surface area contributed by atoms with Crippen LogP contribution in [0.5, 0.6) is 0 Å². The maximum atomic E-state index is 11.7. The van der Waals surface area contributed by atoms with Crippen LogP contribution in [-0.2, 0) is 9.53 Å². The third-order valence-corrected chi connectivity index (χ3v) is 2.77. The topological polar surface area (TPSA) is 38.7 Å². The van der Waals surface area contributed by atoms with Crippen LogP contribution in [-0.4, -0.2) is 24.8 Å². The molecule has 0 bridgehead atoms. The summed E-state index contributed by atoms with van der Waals surface area (Å²) in [4.78, 5) is 15.8. The van der Waals surface area contributed by atoms with Gasteiger partial charge >= 0.3 is 0 Å². The zero-order valence-corrected chi connectivity index (χ0v) is 7.79.